The zero-order chi connectivity index (χ0) is 23.0. The van der Waals surface area contributed by atoms with Gasteiger partial charge in [-0.15, -0.1) is 0 Å². The average Bonchev–Trinajstić information content (AvgIpc) is 3.12. The first-order valence-electron chi connectivity index (χ1n) is 9.86. The second kappa shape index (κ2) is 11.0. The average molecular weight is 432 g/mol. The van der Waals surface area contributed by atoms with Crippen molar-refractivity contribution in [3.8, 4) is 0 Å². The van der Waals surface area contributed by atoms with Crippen LogP contribution < -0.4 is 27.4 Å². The second-order valence-electron chi connectivity index (χ2n) is 7.25. The van der Waals surface area contributed by atoms with Crippen molar-refractivity contribution >= 4 is 34.7 Å². The van der Waals surface area contributed by atoms with E-state index in [0.29, 0.717) is 6.42 Å². The summed E-state index contributed by atoms with van der Waals surface area (Å²) in [6.07, 6.45) is 2.25. The molecule has 2 rings (SSSR count). The molecule has 0 fully saturated rings. The molecule has 0 spiro atoms. The van der Waals surface area contributed by atoms with Crippen LogP contribution in [0.5, 0.6) is 0 Å². The molecule has 9 N–H and O–H groups in total. The molecule has 0 bridgehead atoms. The van der Waals surface area contributed by atoms with Crippen LogP contribution in [0.4, 0.5) is 4.79 Å². The Balaban J connectivity index is 2.13. The summed E-state index contributed by atoms with van der Waals surface area (Å²) in [7, 11) is 0. The van der Waals surface area contributed by atoms with Gasteiger partial charge in [0, 0.05) is 30.1 Å². The van der Waals surface area contributed by atoms with Gasteiger partial charge in [0.1, 0.15) is 12.1 Å². The molecule has 0 saturated heterocycles. The van der Waals surface area contributed by atoms with Gasteiger partial charge in [-0.05, 0) is 31.4 Å². The molecule has 0 aliphatic rings. The number of carboxylic acid groups (broad SMARTS) is 1. The fraction of sp³-hybridized carbons (Fsp3) is 0.400. The van der Waals surface area contributed by atoms with Crippen molar-refractivity contribution in [1.29, 1.82) is 0 Å². The van der Waals surface area contributed by atoms with Gasteiger partial charge in [0.15, 0.2) is 0 Å². The quantitative estimate of drug-likeness (QED) is 0.235. The Morgan fingerprint density at radius 3 is 2.42 bits per heavy atom. The van der Waals surface area contributed by atoms with E-state index < -0.39 is 41.9 Å². The first kappa shape index (κ1) is 23.7. The fourth-order valence-corrected chi connectivity index (χ4v) is 3.08. The van der Waals surface area contributed by atoms with Crippen LogP contribution in [0.3, 0.4) is 0 Å². The van der Waals surface area contributed by atoms with E-state index in [1.165, 1.54) is 6.92 Å². The minimum atomic E-state index is -1.23. The Kier molecular flexibility index (Phi) is 8.38. The largest absolute Gasteiger partial charge is 0.480 e. The standard InChI is InChI=1S/C20H28N6O5/c1-11(21)17(27)26-16(9-12-10-24-14-6-3-2-5-13(12)14)18(28)25-15(19(29)30)7-4-8-23-20(22)31/h2-3,5-6,10-11,15-16,24H,4,7-9,21H2,1H3,(H,25,28)(H,26,27)(H,29,30)(H3,22,23,31)/t11-,15-,16-/m0/s1. The minimum Gasteiger partial charge on any atom is -0.480 e. The van der Waals surface area contributed by atoms with E-state index in [1.54, 1.807) is 6.20 Å². The molecule has 3 atom stereocenters. The van der Waals surface area contributed by atoms with Crippen molar-refractivity contribution in [3.05, 3.63) is 36.0 Å². The molecular formula is C20H28N6O5. The molecule has 1 aromatic heterocycles. The van der Waals surface area contributed by atoms with Crippen LogP contribution in [-0.2, 0) is 20.8 Å². The SMILES string of the molecule is C[C@H](N)C(=O)N[C@@H](Cc1c[nH]c2ccccc12)C(=O)N[C@@H](CCCNC(N)=O)C(=O)O. The predicted octanol–water partition coefficient (Wildman–Crippen LogP) is -0.440. The first-order valence-corrected chi connectivity index (χ1v) is 9.86. The molecule has 0 saturated carbocycles. The van der Waals surface area contributed by atoms with Crippen molar-refractivity contribution in [2.45, 2.75) is 44.3 Å². The Labute approximate surface area is 178 Å². The lowest BCUT2D eigenvalue weighted by molar-refractivity contribution is -0.142. The lowest BCUT2D eigenvalue weighted by Gasteiger charge is -2.22. The van der Waals surface area contributed by atoms with E-state index in [1.807, 2.05) is 24.3 Å². The molecule has 11 heteroatoms. The third kappa shape index (κ3) is 7.00. The van der Waals surface area contributed by atoms with E-state index >= 15 is 0 Å². The number of hydrogen-bond acceptors (Lipinski definition) is 5. The number of rotatable bonds is 11. The molecule has 4 amide bonds. The van der Waals surface area contributed by atoms with Gasteiger partial charge in [0.05, 0.1) is 6.04 Å². The molecule has 0 aliphatic carbocycles. The van der Waals surface area contributed by atoms with Crippen LogP contribution in [0.25, 0.3) is 10.9 Å². The summed E-state index contributed by atoms with van der Waals surface area (Å²) in [6, 6.07) is 3.72. The molecular weight excluding hydrogens is 404 g/mol. The summed E-state index contributed by atoms with van der Waals surface area (Å²) in [5.41, 5.74) is 12.3. The maximum absolute atomic E-state index is 12.9. The number of hydrogen-bond donors (Lipinski definition) is 7. The number of para-hydroxylation sites is 1. The Bertz CT molecular complexity index is 941. The van der Waals surface area contributed by atoms with Crippen molar-refractivity contribution in [2.75, 3.05) is 6.54 Å². The maximum Gasteiger partial charge on any atom is 0.326 e. The number of aromatic nitrogens is 1. The first-order chi connectivity index (χ1) is 14.7. The van der Waals surface area contributed by atoms with E-state index in [4.69, 9.17) is 11.5 Å². The van der Waals surface area contributed by atoms with Gasteiger partial charge in [-0.1, -0.05) is 18.2 Å². The molecule has 1 heterocycles. The fourth-order valence-electron chi connectivity index (χ4n) is 3.08. The number of H-pyrrole nitrogens is 1. The van der Waals surface area contributed by atoms with Gasteiger partial charge >= 0.3 is 12.0 Å². The second-order valence-corrected chi connectivity index (χ2v) is 7.25. The van der Waals surface area contributed by atoms with Gasteiger partial charge in [-0.2, -0.15) is 0 Å². The van der Waals surface area contributed by atoms with Crippen molar-refractivity contribution in [3.63, 3.8) is 0 Å². The summed E-state index contributed by atoms with van der Waals surface area (Å²) in [5, 5.41) is 17.7. The topological polar surface area (TPSA) is 192 Å². The highest BCUT2D eigenvalue weighted by Crippen LogP contribution is 2.19. The lowest BCUT2D eigenvalue weighted by Crippen LogP contribution is -2.54. The third-order valence-electron chi connectivity index (χ3n) is 4.73. The smallest absolute Gasteiger partial charge is 0.326 e. The van der Waals surface area contributed by atoms with E-state index in [0.717, 1.165) is 16.5 Å². The molecule has 0 aliphatic heterocycles. The van der Waals surface area contributed by atoms with E-state index in [9.17, 15) is 24.3 Å². The van der Waals surface area contributed by atoms with E-state index in [-0.39, 0.29) is 19.4 Å². The minimum absolute atomic E-state index is 0.0718. The summed E-state index contributed by atoms with van der Waals surface area (Å²) in [5.74, 6) is -2.40. The number of urea groups is 1. The van der Waals surface area contributed by atoms with Crippen LogP contribution >= 0.6 is 0 Å². The molecule has 0 radical (unpaired) electrons. The van der Waals surface area contributed by atoms with Crippen molar-refractivity contribution < 1.29 is 24.3 Å². The number of aromatic amines is 1. The van der Waals surface area contributed by atoms with Gasteiger partial charge < -0.3 is 37.5 Å². The lowest BCUT2D eigenvalue weighted by atomic mass is 10.0. The molecule has 0 unspecified atom stereocenters. The van der Waals surface area contributed by atoms with Gasteiger partial charge in [0.25, 0.3) is 0 Å². The number of nitrogens with two attached hydrogens (primary N) is 2. The summed E-state index contributed by atoms with van der Waals surface area (Å²) >= 11 is 0. The van der Waals surface area contributed by atoms with Crippen molar-refractivity contribution in [1.82, 2.24) is 20.9 Å². The molecule has 2 aromatic rings. The van der Waals surface area contributed by atoms with E-state index in [2.05, 4.69) is 20.9 Å². The zero-order valence-electron chi connectivity index (χ0n) is 17.2. The Morgan fingerprint density at radius 1 is 1.10 bits per heavy atom. The summed E-state index contributed by atoms with van der Waals surface area (Å²) in [4.78, 5) is 50.4. The van der Waals surface area contributed by atoms with Crippen LogP contribution in [0.15, 0.2) is 30.5 Å². The molecule has 168 valence electrons. The number of primary amides is 1. The van der Waals surface area contributed by atoms with Gasteiger partial charge in [-0.25, -0.2) is 9.59 Å². The highest BCUT2D eigenvalue weighted by molar-refractivity contribution is 5.92. The highest BCUT2D eigenvalue weighted by atomic mass is 16.4. The molecule has 1 aromatic carbocycles. The number of carbonyl (C=O) groups excluding carboxylic acids is 3. The van der Waals surface area contributed by atoms with Crippen LogP contribution in [0.2, 0.25) is 0 Å². The van der Waals surface area contributed by atoms with Crippen LogP contribution in [0.1, 0.15) is 25.3 Å². The van der Waals surface area contributed by atoms with Crippen molar-refractivity contribution in [2.24, 2.45) is 11.5 Å². The summed E-state index contributed by atoms with van der Waals surface area (Å²) < 4.78 is 0. The zero-order valence-corrected chi connectivity index (χ0v) is 17.2. The van der Waals surface area contributed by atoms with Gasteiger partial charge in [-0.3, -0.25) is 9.59 Å². The third-order valence-corrected chi connectivity index (χ3v) is 4.73. The number of carboxylic acids is 1. The number of nitrogens with one attached hydrogen (secondary N) is 4. The highest BCUT2D eigenvalue weighted by Gasteiger charge is 2.28. The number of benzene rings is 1. The van der Waals surface area contributed by atoms with Crippen LogP contribution in [-0.4, -0.2) is 58.6 Å². The number of carbonyl (C=O) groups is 4. The molecule has 31 heavy (non-hydrogen) atoms. The Morgan fingerprint density at radius 2 is 1.77 bits per heavy atom. The number of fused-ring (bicyclic) bond motifs is 1. The normalized spacial score (nSPS) is 13.7. The van der Waals surface area contributed by atoms with Gasteiger partial charge in [0.2, 0.25) is 11.8 Å². The number of amides is 4. The molecule has 11 nitrogen and oxygen atoms in total. The Hall–Kier alpha value is -3.60. The summed E-state index contributed by atoms with van der Waals surface area (Å²) in [6.45, 7) is 1.66. The maximum atomic E-state index is 12.9. The number of aliphatic carboxylic acids is 1. The van der Waals surface area contributed by atoms with Crippen LogP contribution in [0, 0.1) is 0 Å². The monoisotopic (exact) mass is 432 g/mol. The predicted molar refractivity (Wildman–Crippen MR) is 114 cm³/mol.